The van der Waals surface area contributed by atoms with Gasteiger partial charge in [0.15, 0.2) is 0 Å². The second kappa shape index (κ2) is 5.29. The van der Waals surface area contributed by atoms with Gasteiger partial charge in [0.1, 0.15) is 0 Å². The zero-order valence-electron chi connectivity index (χ0n) is 13.1. The lowest BCUT2D eigenvalue weighted by Crippen LogP contribution is -2.44. The summed E-state index contributed by atoms with van der Waals surface area (Å²) in [5.74, 6) is 0.720. The van der Waals surface area contributed by atoms with Gasteiger partial charge in [0, 0.05) is 37.5 Å². The van der Waals surface area contributed by atoms with Gasteiger partial charge in [-0.2, -0.15) is 0 Å². The number of hydrogen-bond acceptors (Lipinski definition) is 4. The van der Waals surface area contributed by atoms with Gasteiger partial charge in [-0.1, -0.05) is 6.08 Å². The van der Waals surface area contributed by atoms with Crippen molar-refractivity contribution in [3.05, 3.63) is 47.7 Å². The Morgan fingerprint density at radius 2 is 2.09 bits per heavy atom. The average molecular weight is 292 g/mol. The Hall–Kier alpha value is -2.07. The van der Waals surface area contributed by atoms with Crippen molar-refractivity contribution in [2.45, 2.75) is 19.8 Å². The summed E-state index contributed by atoms with van der Waals surface area (Å²) in [6.45, 7) is 4.47. The van der Waals surface area contributed by atoms with Crippen LogP contribution in [0.15, 0.2) is 30.7 Å². The van der Waals surface area contributed by atoms with Crippen LogP contribution in [-0.4, -0.2) is 40.0 Å². The van der Waals surface area contributed by atoms with E-state index in [1.807, 2.05) is 18.6 Å². The predicted octanol–water partition coefficient (Wildman–Crippen LogP) is 2.60. The van der Waals surface area contributed by atoms with Crippen molar-refractivity contribution in [2.24, 2.45) is 5.92 Å². The molecule has 0 aromatic carbocycles. The smallest absolute Gasteiger partial charge is 0.0904 e. The minimum Gasteiger partial charge on any atom is -0.306 e. The number of pyridine rings is 1. The minimum atomic E-state index is 0.720. The Labute approximate surface area is 130 Å². The molecule has 0 radical (unpaired) electrons. The van der Waals surface area contributed by atoms with E-state index in [1.54, 1.807) is 0 Å². The van der Waals surface area contributed by atoms with Gasteiger partial charge in [0.05, 0.1) is 23.3 Å². The second-order valence-corrected chi connectivity index (χ2v) is 6.50. The fraction of sp³-hybridized carbons (Fsp3) is 0.389. The molecule has 4 nitrogen and oxygen atoms in total. The van der Waals surface area contributed by atoms with Crippen LogP contribution in [0.4, 0.5) is 0 Å². The molecule has 1 saturated heterocycles. The summed E-state index contributed by atoms with van der Waals surface area (Å²) in [5, 5.41) is 0. The molecule has 0 amide bonds. The fourth-order valence-electron chi connectivity index (χ4n) is 3.39. The van der Waals surface area contributed by atoms with Gasteiger partial charge in [-0.3, -0.25) is 9.97 Å². The van der Waals surface area contributed by atoms with Crippen LogP contribution in [0.3, 0.4) is 0 Å². The maximum atomic E-state index is 4.80. The van der Waals surface area contributed by atoms with Crippen LogP contribution in [-0.2, 0) is 12.8 Å². The number of hydrogen-bond donors (Lipinski definition) is 0. The van der Waals surface area contributed by atoms with Crippen molar-refractivity contribution in [1.29, 1.82) is 0 Å². The standard InChI is InChI=1S/C18H20N4/c1-12-3-4-17-16(12)6-14(7-20-17)18-9-19-8-15(21-18)5-13-10-22(2)11-13/h3,6-9,13H,4-5,10-11H2,1-2H3. The molecule has 0 spiro atoms. The molecule has 1 aliphatic carbocycles. The quantitative estimate of drug-likeness (QED) is 0.872. The molecule has 0 unspecified atom stereocenters. The third kappa shape index (κ3) is 2.44. The topological polar surface area (TPSA) is 41.9 Å². The Kier molecular flexibility index (Phi) is 3.26. The molecule has 0 bridgehead atoms. The Bertz CT molecular complexity index is 745. The van der Waals surface area contributed by atoms with E-state index in [-0.39, 0.29) is 0 Å². The first-order valence-corrected chi connectivity index (χ1v) is 7.85. The van der Waals surface area contributed by atoms with Crippen LogP contribution in [0, 0.1) is 5.92 Å². The molecule has 4 rings (SSSR count). The molecule has 1 aliphatic heterocycles. The highest BCUT2D eigenvalue weighted by Gasteiger charge is 2.24. The maximum Gasteiger partial charge on any atom is 0.0904 e. The molecule has 112 valence electrons. The molecular formula is C18H20N4. The van der Waals surface area contributed by atoms with E-state index in [9.17, 15) is 0 Å². The van der Waals surface area contributed by atoms with E-state index < -0.39 is 0 Å². The van der Waals surface area contributed by atoms with Gasteiger partial charge in [-0.15, -0.1) is 0 Å². The van der Waals surface area contributed by atoms with Crippen LogP contribution in [0.25, 0.3) is 16.8 Å². The van der Waals surface area contributed by atoms with Crippen LogP contribution in [0.1, 0.15) is 23.9 Å². The zero-order chi connectivity index (χ0) is 15.1. The number of allylic oxidation sites excluding steroid dienone is 2. The van der Waals surface area contributed by atoms with Crippen LogP contribution < -0.4 is 0 Å². The highest BCUT2D eigenvalue weighted by atomic mass is 15.2. The largest absolute Gasteiger partial charge is 0.306 e. The van der Waals surface area contributed by atoms with Gasteiger partial charge in [0.25, 0.3) is 0 Å². The fourth-order valence-corrected chi connectivity index (χ4v) is 3.39. The molecule has 2 aromatic rings. The van der Waals surface area contributed by atoms with Crippen LogP contribution in [0.5, 0.6) is 0 Å². The molecule has 0 N–H and O–H groups in total. The summed E-state index contributed by atoms with van der Waals surface area (Å²) in [4.78, 5) is 16.1. The first kappa shape index (κ1) is 13.6. The summed E-state index contributed by atoms with van der Waals surface area (Å²) >= 11 is 0. The first-order chi connectivity index (χ1) is 10.7. The number of likely N-dealkylation sites (tertiary alicyclic amines) is 1. The molecule has 4 heteroatoms. The van der Waals surface area contributed by atoms with Crippen molar-refractivity contribution < 1.29 is 0 Å². The number of fused-ring (bicyclic) bond motifs is 1. The van der Waals surface area contributed by atoms with Gasteiger partial charge >= 0.3 is 0 Å². The molecule has 2 aromatic heterocycles. The van der Waals surface area contributed by atoms with Crippen molar-refractivity contribution in [1.82, 2.24) is 19.9 Å². The summed E-state index contributed by atoms with van der Waals surface area (Å²) in [6.07, 6.45) is 9.86. The van der Waals surface area contributed by atoms with E-state index in [0.717, 1.165) is 48.8 Å². The van der Waals surface area contributed by atoms with E-state index in [4.69, 9.17) is 4.98 Å². The maximum absolute atomic E-state index is 4.80. The van der Waals surface area contributed by atoms with E-state index in [2.05, 4.69) is 41.0 Å². The summed E-state index contributed by atoms with van der Waals surface area (Å²) < 4.78 is 0. The van der Waals surface area contributed by atoms with Gasteiger partial charge in [-0.05, 0) is 43.5 Å². The van der Waals surface area contributed by atoms with E-state index in [0.29, 0.717) is 0 Å². The van der Waals surface area contributed by atoms with Crippen molar-refractivity contribution >= 4 is 5.57 Å². The monoisotopic (exact) mass is 292 g/mol. The Morgan fingerprint density at radius 1 is 1.23 bits per heavy atom. The molecular weight excluding hydrogens is 272 g/mol. The summed E-state index contributed by atoms with van der Waals surface area (Å²) in [7, 11) is 2.16. The van der Waals surface area contributed by atoms with Crippen LogP contribution in [0.2, 0.25) is 0 Å². The van der Waals surface area contributed by atoms with E-state index >= 15 is 0 Å². The lowest BCUT2D eigenvalue weighted by molar-refractivity contribution is 0.134. The molecule has 0 saturated carbocycles. The Morgan fingerprint density at radius 3 is 2.91 bits per heavy atom. The van der Waals surface area contributed by atoms with Gasteiger partial charge in [-0.25, -0.2) is 4.98 Å². The molecule has 0 atom stereocenters. The van der Waals surface area contributed by atoms with Crippen molar-refractivity contribution in [3.63, 3.8) is 0 Å². The first-order valence-electron chi connectivity index (χ1n) is 7.85. The highest BCUT2D eigenvalue weighted by Crippen LogP contribution is 2.29. The second-order valence-electron chi connectivity index (χ2n) is 6.50. The SMILES string of the molecule is CC1=CCc2ncc(-c3cncc(CC4CN(C)C4)n3)cc21. The zero-order valence-corrected chi connectivity index (χ0v) is 13.1. The number of aromatic nitrogens is 3. The molecule has 2 aliphatic rings. The minimum absolute atomic E-state index is 0.720. The average Bonchev–Trinajstić information content (AvgIpc) is 2.87. The normalized spacial score (nSPS) is 18.0. The van der Waals surface area contributed by atoms with Gasteiger partial charge in [0.2, 0.25) is 0 Å². The summed E-state index contributed by atoms with van der Waals surface area (Å²) in [5.41, 5.74) is 6.82. The van der Waals surface area contributed by atoms with E-state index in [1.165, 1.54) is 16.8 Å². The third-order valence-corrected chi connectivity index (χ3v) is 4.61. The lowest BCUT2D eigenvalue weighted by atomic mass is 9.95. The lowest BCUT2D eigenvalue weighted by Gasteiger charge is -2.35. The predicted molar refractivity (Wildman–Crippen MR) is 87.3 cm³/mol. The van der Waals surface area contributed by atoms with Crippen molar-refractivity contribution in [2.75, 3.05) is 20.1 Å². The summed E-state index contributed by atoms with van der Waals surface area (Å²) in [6, 6.07) is 2.20. The number of rotatable bonds is 3. The van der Waals surface area contributed by atoms with Crippen LogP contribution >= 0.6 is 0 Å². The molecule has 22 heavy (non-hydrogen) atoms. The number of nitrogens with zero attached hydrogens (tertiary/aromatic N) is 4. The highest BCUT2D eigenvalue weighted by molar-refractivity contribution is 5.74. The Balaban J connectivity index is 1.60. The molecule has 3 heterocycles. The van der Waals surface area contributed by atoms with Gasteiger partial charge < -0.3 is 4.90 Å². The third-order valence-electron chi connectivity index (χ3n) is 4.61. The van der Waals surface area contributed by atoms with Crippen molar-refractivity contribution in [3.8, 4) is 11.3 Å². The molecule has 1 fully saturated rings.